The summed E-state index contributed by atoms with van der Waals surface area (Å²) in [6, 6.07) is 13.5. The van der Waals surface area contributed by atoms with Gasteiger partial charge < -0.3 is 10.3 Å². The van der Waals surface area contributed by atoms with Gasteiger partial charge in [-0.1, -0.05) is 6.07 Å². The highest BCUT2D eigenvalue weighted by atomic mass is 32.2. The fraction of sp³-hybridized carbons (Fsp3) is 0.320. The van der Waals surface area contributed by atoms with E-state index in [-0.39, 0.29) is 29.9 Å². The molecule has 1 fully saturated rings. The molecule has 1 aliphatic heterocycles. The second-order valence-corrected chi connectivity index (χ2v) is 11.3. The largest absolute Gasteiger partial charge is 0.338 e. The maximum Gasteiger partial charge on any atom is 0.228 e. The van der Waals surface area contributed by atoms with Gasteiger partial charge in [0.05, 0.1) is 40.7 Å². The Morgan fingerprint density at radius 1 is 1.15 bits per heavy atom. The molecular weight excluding hydrogens is 450 g/mol. The highest BCUT2D eigenvalue weighted by Crippen LogP contribution is 2.27. The van der Waals surface area contributed by atoms with E-state index >= 15 is 0 Å². The van der Waals surface area contributed by atoms with Gasteiger partial charge in [0.1, 0.15) is 5.82 Å². The molecule has 2 aromatic heterocycles. The second kappa shape index (κ2) is 8.39. The van der Waals surface area contributed by atoms with Crippen LogP contribution in [0.3, 0.4) is 0 Å². The van der Waals surface area contributed by atoms with Crippen molar-refractivity contribution >= 4 is 32.5 Å². The first-order valence-corrected chi connectivity index (χ1v) is 13.1. The predicted octanol–water partition coefficient (Wildman–Crippen LogP) is 3.89. The molecule has 1 amide bonds. The number of sulfone groups is 1. The molecule has 3 heterocycles. The summed E-state index contributed by atoms with van der Waals surface area (Å²) in [4.78, 5) is 20.7. The number of aromatic amines is 1. The number of fused-ring (bicyclic) bond motifs is 1. The average Bonchev–Trinajstić information content (AvgIpc) is 3.45. The zero-order valence-corrected chi connectivity index (χ0v) is 20.2. The van der Waals surface area contributed by atoms with Crippen molar-refractivity contribution in [3.63, 3.8) is 0 Å². The zero-order chi connectivity index (χ0) is 24.0. The summed E-state index contributed by atoms with van der Waals surface area (Å²) in [5.74, 6) is 0.940. The van der Waals surface area contributed by atoms with E-state index in [1.165, 1.54) is 5.56 Å². The van der Waals surface area contributed by atoms with Crippen LogP contribution in [0, 0.1) is 20.8 Å². The number of carbonyl (C=O) groups is 1. The smallest absolute Gasteiger partial charge is 0.228 e. The number of H-pyrrole nitrogens is 1. The molecule has 0 bridgehead atoms. The van der Waals surface area contributed by atoms with E-state index in [0.29, 0.717) is 12.1 Å². The van der Waals surface area contributed by atoms with Crippen LogP contribution in [0.15, 0.2) is 42.5 Å². The van der Waals surface area contributed by atoms with Gasteiger partial charge in [-0.3, -0.25) is 9.48 Å². The van der Waals surface area contributed by atoms with Crippen molar-refractivity contribution in [1.82, 2.24) is 19.7 Å². The lowest BCUT2D eigenvalue weighted by molar-refractivity contribution is -0.115. The van der Waals surface area contributed by atoms with Crippen LogP contribution in [-0.2, 0) is 21.1 Å². The summed E-state index contributed by atoms with van der Waals surface area (Å²) >= 11 is 0. The number of nitrogens with one attached hydrogen (secondary N) is 2. The number of nitrogens with zero attached hydrogens (tertiary/aromatic N) is 3. The van der Waals surface area contributed by atoms with Crippen molar-refractivity contribution in [3.8, 4) is 11.4 Å². The molecule has 0 radical (unpaired) electrons. The van der Waals surface area contributed by atoms with E-state index in [1.807, 2.05) is 57.2 Å². The van der Waals surface area contributed by atoms with Gasteiger partial charge in [0.15, 0.2) is 9.84 Å². The van der Waals surface area contributed by atoms with Gasteiger partial charge in [0.25, 0.3) is 0 Å². The molecule has 1 unspecified atom stereocenters. The Morgan fingerprint density at radius 2 is 1.91 bits per heavy atom. The second-order valence-electron chi connectivity index (χ2n) is 9.06. The first kappa shape index (κ1) is 22.3. The maximum atomic E-state index is 12.8. The zero-order valence-electron chi connectivity index (χ0n) is 19.4. The van der Waals surface area contributed by atoms with E-state index in [9.17, 15) is 13.2 Å². The number of aromatic nitrogens is 4. The number of benzene rings is 2. The minimum absolute atomic E-state index is 0.109. The lowest BCUT2D eigenvalue weighted by Crippen LogP contribution is -2.16. The lowest BCUT2D eigenvalue weighted by Gasteiger charge is -2.11. The van der Waals surface area contributed by atoms with Crippen molar-refractivity contribution in [3.05, 3.63) is 65.0 Å². The Kier molecular flexibility index (Phi) is 5.51. The number of aryl methyl sites for hydroxylation is 2. The molecule has 176 valence electrons. The monoisotopic (exact) mass is 477 g/mol. The van der Waals surface area contributed by atoms with Gasteiger partial charge in [-0.2, -0.15) is 5.10 Å². The van der Waals surface area contributed by atoms with Crippen LogP contribution in [0.2, 0.25) is 0 Å². The Bertz CT molecular complexity index is 1500. The fourth-order valence-electron chi connectivity index (χ4n) is 4.61. The highest BCUT2D eigenvalue weighted by molar-refractivity contribution is 7.91. The summed E-state index contributed by atoms with van der Waals surface area (Å²) in [6.07, 6.45) is 0.745. The summed E-state index contributed by atoms with van der Waals surface area (Å²) in [7, 11) is -3.01. The topological polar surface area (TPSA) is 110 Å². The van der Waals surface area contributed by atoms with Crippen molar-refractivity contribution in [2.24, 2.45) is 0 Å². The van der Waals surface area contributed by atoms with Gasteiger partial charge in [-0.25, -0.2) is 13.4 Å². The van der Waals surface area contributed by atoms with Crippen LogP contribution in [-0.4, -0.2) is 45.6 Å². The van der Waals surface area contributed by atoms with Crippen molar-refractivity contribution < 1.29 is 13.2 Å². The number of hydrogen-bond acceptors (Lipinski definition) is 5. The quantitative estimate of drug-likeness (QED) is 0.453. The van der Waals surface area contributed by atoms with E-state index in [1.54, 1.807) is 4.68 Å². The molecule has 4 aromatic rings. The van der Waals surface area contributed by atoms with Crippen molar-refractivity contribution in [1.29, 1.82) is 0 Å². The van der Waals surface area contributed by atoms with Gasteiger partial charge in [0, 0.05) is 22.5 Å². The van der Waals surface area contributed by atoms with Gasteiger partial charge >= 0.3 is 0 Å². The number of rotatable bonds is 5. The van der Waals surface area contributed by atoms with Crippen LogP contribution in [0.5, 0.6) is 0 Å². The molecule has 0 spiro atoms. The van der Waals surface area contributed by atoms with Gasteiger partial charge in [0.2, 0.25) is 5.91 Å². The van der Waals surface area contributed by atoms with Gasteiger partial charge in [-0.15, -0.1) is 0 Å². The molecule has 0 aliphatic carbocycles. The fourth-order valence-corrected chi connectivity index (χ4v) is 6.31. The first-order chi connectivity index (χ1) is 16.2. The first-order valence-electron chi connectivity index (χ1n) is 11.3. The minimum atomic E-state index is -3.01. The third-order valence-electron chi connectivity index (χ3n) is 6.45. The van der Waals surface area contributed by atoms with Crippen LogP contribution >= 0.6 is 0 Å². The summed E-state index contributed by atoms with van der Waals surface area (Å²) in [6.45, 7) is 5.81. The van der Waals surface area contributed by atoms with Crippen molar-refractivity contribution in [2.75, 3.05) is 16.8 Å². The molecule has 5 rings (SSSR count). The molecule has 1 saturated heterocycles. The third kappa shape index (κ3) is 4.35. The van der Waals surface area contributed by atoms with E-state index in [2.05, 4.69) is 26.4 Å². The summed E-state index contributed by atoms with van der Waals surface area (Å²) < 4.78 is 25.5. The van der Waals surface area contributed by atoms with Crippen LogP contribution in [0.4, 0.5) is 5.69 Å². The number of carbonyl (C=O) groups excluding carboxylic acids is 1. The molecule has 1 aliphatic rings. The molecule has 8 nitrogen and oxygen atoms in total. The van der Waals surface area contributed by atoms with E-state index in [4.69, 9.17) is 0 Å². The third-order valence-corrected chi connectivity index (χ3v) is 8.20. The standard InChI is InChI=1S/C25H27N5O3S/c1-15-4-9-22-23(12-15)28-25(27-22)18-5-7-19(8-6-18)26-24(31)13-21-16(2)29-30(17(21)3)20-10-11-34(32,33)14-20/h4-9,12,20H,10-11,13-14H2,1-3H3,(H,26,31)(H,27,28). The van der Waals surface area contributed by atoms with E-state index in [0.717, 1.165) is 39.4 Å². The van der Waals surface area contributed by atoms with Crippen molar-refractivity contribution in [2.45, 2.75) is 39.7 Å². The van der Waals surface area contributed by atoms with E-state index < -0.39 is 9.84 Å². The SMILES string of the molecule is Cc1ccc2nc(-c3ccc(NC(=O)Cc4c(C)nn(C5CCS(=O)(=O)C5)c4C)cc3)[nH]c2c1. The number of hydrogen-bond donors (Lipinski definition) is 2. The average molecular weight is 478 g/mol. The van der Waals surface area contributed by atoms with Crippen LogP contribution in [0.1, 0.15) is 35.0 Å². The Morgan fingerprint density at radius 3 is 2.62 bits per heavy atom. The van der Waals surface area contributed by atoms with Crippen LogP contribution in [0.25, 0.3) is 22.4 Å². The normalized spacial score (nSPS) is 17.3. The highest BCUT2D eigenvalue weighted by Gasteiger charge is 2.31. The molecule has 2 aromatic carbocycles. The molecule has 34 heavy (non-hydrogen) atoms. The summed E-state index contributed by atoms with van der Waals surface area (Å²) in [5, 5.41) is 7.50. The maximum absolute atomic E-state index is 12.8. The molecular formula is C25H27N5O3S. The minimum Gasteiger partial charge on any atom is -0.338 e. The Labute approximate surface area is 198 Å². The number of amides is 1. The number of anilines is 1. The Balaban J connectivity index is 1.28. The van der Waals surface area contributed by atoms with Gasteiger partial charge in [-0.05, 0) is 69.2 Å². The van der Waals surface area contributed by atoms with Crippen LogP contribution < -0.4 is 5.32 Å². The lowest BCUT2D eigenvalue weighted by atomic mass is 10.1. The molecule has 0 saturated carbocycles. The molecule has 2 N–H and O–H groups in total. The Hall–Kier alpha value is -3.46. The summed E-state index contributed by atoms with van der Waals surface area (Å²) in [5.41, 5.74) is 7.17. The molecule has 1 atom stereocenters. The molecule has 9 heteroatoms. The predicted molar refractivity (Wildman–Crippen MR) is 133 cm³/mol. The number of imidazole rings is 1.